The largest absolute Gasteiger partial charge is 0.497 e. The summed E-state index contributed by atoms with van der Waals surface area (Å²) in [6.07, 6.45) is 4.28. The molecule has 1 aromatic heterocycles. The first-order valence-electron chi connectivity index (χ1n) is 12.3. The molecule has 2 aromatic carbocycles. The molecule has 3 aromatic rings. The molecule has 0 amide bonds. The second-order valence-corrected chi connectivity index (χ2v) is 11.0. The van der Waals surface area contributed by atoms with Crippen molar-refractivity contribution in [1.29, 1.82) is 0 Å². The van der Waals surface area contributed by atoms with Crippen molar-refractivity contribution in [3.63, 3.8) is 0 Å². The summed E-state index contributed by atoms with van der Waals surface area (Å²) in [7, 11) is -1.87. The Morgan fingerprint density at radius 1 is 1.17 bits per heavy atom. The van der Waals surface area contributed by atoms with E-state index in [0.717, 1.165) is 36.4 Å². The lowest BCUT2D eigenvalue weighted by atomic mass is 10.1. The lowest BCUT2D eigenvalue weighted by Crippen LogP contribution is -2.34. The predicted octanol–water partition coefficient (Wildman–Crippen LogP) is 3.95. The minimum Gasteiger partial charge on any atom is -0.497 e. The number of hydrogen-bond donors (Lipinski definition) is 2. The van der Waals surface area contributed by atoms with Crippen molar-refractivity contribution < 1.29 is 13.2 Å². The lowest BCUT2D eigenvalue weighted by Gasteiger charge is -2.21. The molecule has 1 fully saturated rings. The first-order chi connectivity index (χ1) is 16.9. The van der Waals surface area contributed by atoms with Crippen molar-refractivity contribution in [2.24, 2.45) is 0 Å². The highest BCUT2D eigenvalue weighted by Crippen LogP contribution is 2.23. The van der Waals surface area contributed by atoms with Crippen molar-refractivity contribution >= 4 is 10.0 Å². The molecular formula is C26H35N5O3S. The monoisotopic (exact) mass is 497 g/mol. The molecule has 188 valence electrons. The number of benzene rings is 2. The zero-order valence-electron chi connectivity index (χ0n) is 20.5. The summed E-state index contributed by atoms with van der Waals surface area (Å²) in [6, 6.07) is 17.6. The van der Waals surface area contributed by atoms with Gasteiger partial charge in [0.05, 0.1) is 18.9 Å². The van der Waals surface area contributed by atoms with Crippen molar-refractivity contribution in [3.05, 3.63) is 66.0 Å². The number of sulfonamides is 1. The van der Waals surface area contributed by atoms with E-state index in [-0.39, 0.29) is 5.75 Å². The van der Waals surface area contributed by atoms with Gasteiger partial charge in [-0.1, -0.05) is 30.3 Å². The van der Waals surface area contributed by atoms with Crippen LogP contribution in [0.5, 0.6) is 5.75 Å². The van der Waals surface area contributed by atoms with Crippen molar-refractivity contribution in [2.75, 3.05) is 26.0 Å². The number of aryl methyl sites for hydroxylation is 1. The van der Waals surface area contributed by atoms with E-state index in [1.54, 1.807) is 7.11 Å². The molecule has 2 atom stereocenters. The van der Waals surface area contributed by atoms with Crippen LogP contribution in [0.2, 0.25) is 0 Å². The molecule has 2 N–H and O–H groups in total. The highest BCUT2D eigenvalue weighted by Gasteiger charge is 2.24. The van der Waals surface area contributed by atoms with Gasteiger partial charge in [-0.05, 0) is 81.9 Å². The third kappa shape index (κ3) is 7.13. The molecule has 8 nitrogen and oxygen atoms in total. The van der Waals surface area contributed by atoms with Gasteiger partial charge in [-0.15, -0.1) is 0 Å². The van der Waals surface area contributed by atoms with Crippen LogP contribution in [0.15, 0.2) is 54.6 Å². The Labute approximate surface area is 208 Å². The third-order valence-corrected chi connectivity index (χ3v) is 8.09. The van der Waals surface area contributed by atoms with E-state index in [2.05, 4.69) is 31.7 Å². The van der Waals surface area contributed by atoms with Gasteiger partial charge in [-0.2, -0.15) is 5.10 Å². The summed E-state index contributed by atoms with van der Waals surface area (Å²) in [5, 5.41) is 7.32. The second-order valence-electron chi connectivity index (χ2n) is 9.17. The van der Waals surface area contributed by atoms with Gasteiger partial charge in [-0.3, -0.25) is 5.10 Å². The Bertz CT molecular complexity index is 1170. The average molecular weight is 498 g/mol. The minimum absolute atomic E-state index is 0.0948. The van der Waals surface area contributed by atoms with Crippen LogP contribution >= 0.6 is 0 Å². The number of rotatable bonds is 12. The van der Waals surface area contributed by atoms with E-state index < -0.39 is 16.1 Å². The van der Waals surface area contributed by atoms with Crippen LogP contribution in [0, 0.1) is 0 Å². The SMILES string of the molecule is COc1ccc(-c2n[nH]c([C@@H](CCc3ccccc3)NS(=O)(=O)CCCN3CCCC3C)n2)cc1. The average Bonchev–Trinajstić information content (AvgIpc) is 3.52. The maximum atomic E-state index is 13.0. The molecule has 1 aliphatic rings. The molecule has 0 spiro atoms. The van der Waals surface area contributed by atoms with E-state index in [1.807, 2.05) is 54.6 Å². The zero-order valence-corrected chi connectivity index (χ0v) is 21.3. The van der Waals surface area contributed by atoms with E-state index in [0.29, 0.717) is 30.5 Å². The number of nitrogens with one attached hydrogen (secondary N) is 2. The van der Waals surface area contributed by atoms with Crippen LogP contribution < -0.4 is 9.46 Å². The molecule has 4 rings (SSSR count). The predicted molar refractivity (Wildman–Crippen MR) is 138 cm³/mol. The molecule has 0 saturated carbocycles. The van der Waals surface area contributed by atoms with E-state index in [9.17, 15) is 8.42 Å². The lowest BCUT2D eigenvalue weighted by molar-refractivity contribution is 0.269. The van der Waals surface area contributed by atoms with Crippen molar-refractivity contribution in [2.45, 2.75) is 51.1 Å². The smallest absolute Gasteiger partial charge is 0.212 e. The summed E-state index contributed by atoms with van der Waals surface area (Å²) < 4.78 is 34.2. The van der Waals surface area contributed by atoms with Gasteiger partial charge in [0.25, 0.3) is 0 Å². The number of H-pyrrole nitrogens is 1. The molecule has 1 unspecified atom stereocenters. The minimum atomic E-state index is -3.49. The summed E-state index contributed by atoms with van der Waals surface area (Å²) in [5.41, 5.74) is 1.98. The molecule has 0 radical (unpaired) electrons. The highest BCUT2D eigenvalue weighted by atomic mass is 32.2. The topological polar surface area (TPSA) is 100 Å². The quantitative estimate of drug-likeness (QED) is 0.393. The third-order valence-electron chi connectivity index (χ3n) is 6.62. The maximum absolute atomic E-state index is 13.0. The number of hydrogen-bond acceptors (Lipinski definition) is 6. The number of nitrogens with zero attached hydrogens (tertiary/aromatic N) is 3. The Kier molecular flexibility index (Phi) is 8.54. The number of aromatic amines is 1. The maximum Gasteiger partial charge on any atom is 0.212 e. The molecule has 9 heteroatoms. The number of likely N-dealkylation sites (tertiary alicyclic amines) is 1. The molecule has 1 saturated heterocycles. The Hall–Kier alpha value is -2.75. The standard InChI is InChI=1S/C26H35N5O3S/c1-20-8-6-17-31(20)18-7-19-35(32,33)30-24(16-11-21-9-4-3-5-10-21)26-27-25(28-29-26)22-12-14-23(34-2)15-13-22/h3-5,9-10,12-15,20,24,30H,6-8,11,16-19H2,1-2H3,(H,27,28,29)/t20?,24-/m1/s1. The summed E-state index contributed by atoms with van der Waals surface area (Å²) >= 11 is 0. The first-order valence-corrected chi connectivity index (χ1v) is 13.9. The van der Waals surface area contributed by atoms with Gasteiger partial charge in [0.1, 0.15) is 11.6 Å². The molecule has 35 heavy (non-hydrogen) atoms. The van der Waals surface area contributed by atoms with Gasteiger partial charge in [0.2, 0.25) is 10.0 Å². The van der Waals surface area contributed by atoms with Crippen molar-refractivity contribution in [1.82, 2.24) is 24.8 Å². The Balaban J connectivity index is 1.45. The van der Waals surface area contributed by atoms with E-state index in [4.69, 9.17) is 4.74 Å². The van der Waals surface area contributed by atoms with Crippen LogP contribution in [0.4, 0.5) is 0 Å². The Morgan fingerprint density at radius 3 is 2.63 bits per heavy atom. The fourth-order valence-corrected chi connectivity index (χ4v) is 5.85. The van der Waals surface area contributed by atoms with Crippen LogP contribution in [0.3, 0.4) is 0 Å². The summed E-state index contributed by atoms with van der Waals surface area (Å²) in [5.74, 6) is 1.89. The van der Waals surface area contributed by atoms with Crippen LogP contribution in [0.1, 0.15) is 50.0 Å². The van der Waals surface area contributed by atoms with Gasteiger partial charge < -0.3 is 9.64 Å². The summed E-state index contributed by atoms with van der Waals surface area (Å²) in [6.45, 7) is 4.07. The number of aromatic nitrogens is 3. The van der Waals surface area contributed by atoms with E-state index >= 15 is 0 Å². The Morgan fingerprint density at radius 2 is 1.94 bits per heavy atom. The van der Waals surface area contributed by atoms with Gasteiger partial charge in [0, 0.05) is 11.6 Å². The first kappa shape index (κ1) is 25.3. The number of methoxy groups -OCH3 is 1. The van der Waals surface area contributed by atoms with Crippen LogP contribution in [-0.4, -0.2) is 60.5 Å². The van der Waals surface area contributed by atoms with Gasteiger partial charge >= 0.3 is 0 Å². The second kappa shape index (κ2) is 11.8. The molecule has 0 aliphatic carbocycles. The van der Waals surface area contributed by atoms with Gasteiger partial charge in [0.15, 0.2) is 5.82 Å². The van der Waals surface area contributed by atoms with Crippen molar-refractivity contribution in [3.8, 4) is 17.1 Å². The fraction of sp³-hybridized carbons (Fsp3) is 0.462. The molecule has 0 bridgehead atoms. The van der Waals surface area contributed by atoms with Crippen LogP contribution in [0.25, 0.3) is 11.4 Å². The van der Waals surface area contributed by atoms with Gasteiger partial charge in [-0.25, -0.2) is 18.1 Å². The molecule has 1 aliphatic heterocycles. The number of ether oxygens (including phenoxy) is 1. The fourth-order valence-electron chi connectivity index (χ4n) is 4.56. The zero-order chi connectivity index (χ0) is 24.7. The normalized spacial score (nSPS) is 17.5. The van der Waals surface area contributed by atoms with Crippen LogP contribution in [-0.2, 0) is 16.4 Å². The van der Waals surface area contributed by atoms with E-state index in [1.165, 1.54) is 12.8 Å². The highest BCUT2D eigenvalue weighted by molar-refractivity contribution is 7.89. The molecular weight excluding hydrogens is 462 g/mol. The summed E-state index contributed by atoms with van der Waals surface area (Å²) in [4.78, 5) is 7.02. The molecule has 2 heterocycles.